The summed E-state index contributed by atoms with van der Waals surface area (Å²) in [6.45, 7) is 0.184. The van der Waals surface area contributed by atoms with E-state index in [4.69, 9.17) is 19.2 Å². The SMILES string of the molecule is COc1cc(-c2nc3ccc(Br)cn3c2NC2CCCCC2)ccc1OC(=O)COCc1ccccc1. The Bertz CT molecular complexity index is 1370. The van der Waals surface area contributed by atoms with Crippen LogP contribution < -0.4 is 14.8 Å². The Morgan fingerprint density at radius 1 is 1.05 bits per heavy atom. The van der Waals surface area contributed by atoms with Crippen LogP contribution in [0, 0.1) is 0 Å². The maximum Gasteiger partial charge on any atom is 0.337 e. The molecule has 0 radical (unpaired) electrons. The molecule has 0 unspecified atom stereocenters. The first-order chi connectivity index (χ1) is 18.1. The van der Waals surface area contributed by atoms with Crippen LogP contribution in [0.2, 0.25) is 0 Å². The molecule has 37 heavy (non-hydrogen) atoms. The summed E-state index contributed by atoms with van der Waals surface area (Å²) in [7, 11) is 1.56. The van der Waals surface area contributed by atoms with Crippen molar-refractivity contribution >= 4 is 33.4 Å². The largest absolute Gasteiger partial charge is 0.493 e. The lowest BCUT2D eigenvalue weighted by molar-refractivity contribution is -0.140. The highest BCUT2D eigenvalue weighted by molar-refractivity contribution is 9.10. The van der Waals surface area contributed by atoms with Gasteiger partial charge in [0.1, 0.15) is 23.8 Å². The number of rotatable bonds is 9. The molecule has 4 aromatic rings. The van der Waals surface area contributed by atoms with E-state index in [1.807, 2.05) is 60.8 Å². The summed E-state index contributed by atoms with van der Waals surface area (Å²) in [4.78, 5) is 17.3. The predicted octanol–water partition coefficient (Wildman–Crippen LogP) is 6.64. The zero-order chi connectivity index (χ0) is 25.6. The van der Waals surface area contributed by atoms with E-state index in [-0.39, 0.29) is 6.61 Å². The van der Waals surface area contributed by atoms with Gasteiger partial charge in [0.05, 0.1) is 13.7 Å². The lowest BCUT2D eigenvalue weighted by Gasteiger charge is -2.24. The number of imidazole rings is 1. The van der Waals surface area contributed by atoms with E-state index < -0.39 is 5.97 Å². The Balaban J connectivity index is 1.36. The standard InChI is InChI=1S/C29H30BrN3O4/c1-35-25-16-21(12-14-24(25)37-27(34)19-36-18-20-8-4-2-5-9-20)28-29(31-23-10-6-3-7-11-23)33-17-22(30)13-15-26(33)32-28/h2,4-5,8-9,12-17,23,31H,3,6-7,10-11,18-19H2,1H3. The maximum absolute atomic E-state index is 12.4. The van der Waals surface area contributed by atoms with Gasteiger partial charge in [0, 0.05) is 22.3 Å². The van der Waals surface area contributed by atoms with Gasteiger partial charge >= 0.3 is 5.97 Å². The van der Waals surface area contributed by atoms with Crippen LogP contribution in [0.3, 0.4) is 0 Å². The molecule has 2 heterocycles. The first-order valence-electron chi connectivity index (χ1n) is 12.6. The summed E-state index contributed by atoms with van der Waals surface area (Å²) in [5, 5.41) is 3.76. The summed E-state index contributed by atoms with van der Waals surface area (Å²) in [6.07, 6.45) is 8.07. The molecule has 1 aliphatic rings. The molecule has 8 heteroatoms. The van der Waals surface area contributed by atoms with Gasteiger partial charge in [-0.15, -0.1) is 0 Å². The van der Waals surface area contributed by atoms with E-state index >= 15 is 0 Å². The number of fused-ring (bicyclic) bond motifs is 1. The number of esters is 1. The highest BCUT2D eigenvalue weighted by Crippen LogP contribution is 2.37. The molecule has 2 aromatic heterocycles. The van der Waals surface area contributed by atoms with Crippen LogP contribution in [0.4, 0.5) is 5.82 Å². The van der Waals surface area contributed by atoms with Crippen LogP contribution in [0.1, 0.15) is 37.7 Å². The third kappa shape index (κ3) is 6.14. The van der Waals surface area contributed by atoms with Crippen molar-refractivity contribution in [3.8, 4) is 22.8 Å². The molecular formula is C29H30BrN3O4. The molecule has 192 valence electrons. The highest BCUT2D eigenvalue weighted by Gasteiger charge is 2.21. The van der Waals surface area contributed by atoms with Crippen LogP contribution in [-0.2, 0) is 16.1 Å². The fourth-order valence-electron chi connectivity index (χ4n) is 4.68. The third-order valence-electron chi connectivity index (χ3n) is 6.52. The summed E-state index contributed by atoms with van der Waals surface area (Å²) in [5.41, 5.74) is 3.54. The topological polar surface area (TPSA) is 74.1 Å². The average Bonchev–Trinajstić information content (AvgIpc) is 3.27. The molecule has 1 fully saturated rings. The van der Waals surface area contributed by atoms with Gasteiger partial charge in [0.25, 0.3) is 0 Å². The summed E-state index contributed by atoms with van der Waals surface area (Å²) in [5.74, 6) is 1.26. The minimum atomic E-state index is -0.487. The van der Waals surface area contributed by atoms with Crippen molar-refractivity contribution in [2.24, 2.45) is 0 Å². The average molecular weight is 564 g/mol. The second kappa shape index (κ2) is 11.8. The number of pyridine rings is 1. The third-order valence-corrected chi connectivity index (χ3v) is 6.99. The van der Waals surface area contributed by atoms with Crippen molar-refractivity contribution in [1.29, 1.82) is 0 Å². The summed E-state index contributed by atoms with van der Waals surface area (Å²) >= 11 is 3.59. The molecule has 0 amide bonds. The van der Waals surface area contributed by atoms with E-state index in [0.29, 0.717) is 24.1 Å². The number of hydrogen-bond acceptors (Lipinski definition) is 6. The van der Waals surface area contributed by atoms with Crippen molar-refractivity contribution in [2.45, 2.75) is 44.8 Å². The number of halogens is 1. The number of nitrogens with zero attached hydrogens (tertiary/aromatic N) is 2. The van der Waals surface area contributed by atoms with Gasteiger partial charge in [0.2, 0.25) is 0 Å². The molecule has 5 rings (SSSR count). The van der Waals surface area contributed by atoms with Crippen molar-refractivity contribution < 1.29 is 19.0 Å². The van der Waals surface area contributed by atoms with Crippen molar-refractivity contribution in [3.63, 3.8) is 0 Å². The van der Waals surface area contributed by atoms with E-state index in [1.54, 1.807) is 13.2 Å². The van der Waals surface area contributed by atoms with E-state index in [1.165, 1.54) is 19.3 Å². The minimum absolute atomic E-state index is 0.156. The van der Waals surface area contributed by atoms with Crippen LogP contribution in [0.15, 0.2) is 71.3 Å². The number of nitrogens with one attached hydrogen (secondary N) is 1. The number of benzene rings is 2. The smallest absolute Gasteiger partial charge is 0.337 e. The van der Waals surface area contributed by atoms with Gasteiger partial charge in [-0.1, -0.05) is 49.6 Å². The number of methoxy groups -OCH3 is 1. The highest BCUT2D eigenvalue weighted by atomic mass is 79.9. The van der Waals surface area contributed by atoms with Crippen molar-refractivity contribution in [2.75, 3.05) is 19.0 Å². The van der Waals surface area contributed by atoms with Crippen LogP contribution >= 0.6 is 15.9 Å². The molecule has 2 aromatic carbocycles. The molecule has 1 saturated carbocycles. The Hall–Kier alpha value is -3.36. The summed E-state index contributed by atoms with van der Waals surface area (Å²) < 4.78 is 19.7. The maximum atomic E-state index is 12.4. The fraction of sp³-hybridized carbons (Fsp3) is 0.310. The van der Waals surface area contributed by atoms with Gasteiger partial charge < -0.3 is 19.5 Å². The second-order valence-corrected chi connectivity index (χ2v) is 10.1. The Morgan fingerprint density at radius 3 is 2.65 bits per heavy atom. The first kappa shape index (κ1) is 25.3. The monoisotopic (exact) mass is 563 g/mol. The van der Waals surface area contributed by atoms with E-state index in [9.17, 15) is 4.79 Å². The molecule has 1 aliphatic carbocycles. The molecule has 0 spiro atoms. The molecule has 0 atom stereocenters. The van der Waals surface area contributed by atoms with E-state index in [2.05, 4.69) is 25.6 Å². The van der Waals surface area contributed by atoms with Crippen molar-refractivity contribution in [1.82, 2.24) is 9.38 Å². The molecule has 0 saturated heterocycles. The van der Waals surface area contributed by atoms with Gasteiger partial charge in [-0.25, -0.2) is 9.78 Å². The van der Waals surface area contributed by atoms with Crippen LogP contribution in [0.25, 0.3) is 16.9 Å². The number of carbonyl (C=O) groups excluding carboxylic acids is 1. The zero-order valence-electron chi connectivity index (χ0n) is 20.8. The van der Waals surface area contributed by atoms with Gasteiger partial charge in [-0.3, -0.25) is 4.40 Å². The Kier molecular flexibility index (Phi) is 8.06. The van der Waals surface area contributed by atoms with Gasteiger partial charge in [0.15, 0.2) is 11.5 Å². The molecule has 0 bridgehead atoms. The number of ether oxygens (including phenoxy) is 3. The van der Waals surface area contributed by atoms with Gasteiger partial charge in [-0.05, 0) is 64.7 Å². The summed E-state index contributed by atoms with van der Waals surface area (Å²) in [6, 6.07) is 19.6. The normalized spacial score (nSPS) is 14.0. The molecule has 0 aliphatic heterocycles. The number of hydrogen-bond donors (Lipinski definition) is 1. The molecular weight excluding hydrogens is 534 g/mol. The first-order valence-corrected chi connectivity index (χ1v) is 13.3. The predicted molar refractivity (Wildman–Crippen MR) is 147 cm³/mol. The Labute approximate surface area is 224 Å². The number of carbonyl (C=O) groups is 1. The van der Waals surface area contributed by atoms with Crippen LogP contribution in [0.5, 0.6) is 11.5 Å². The van der Waals surface area contributed by atoms with Gasteiger partial charge in [-0.2, -0.15) is 0 Å². The zero-order valence-corrected chi connectivity index (χ0v) is 22.4. The quantitative estimate of drug-likeness (QED) is 0.182. The lowest BCUT2D eigenvalue weighted by atomic mass is 9.95. The number of anilines is 1. The number of aromatic nitrogens is 2. The Morgan fingerprint density at radius 2 is 1.86 bits per heavy atom. The lowest BCUT2D eigenvalue weighted by Crippen LogP contribution is -2.23. The van der Waals surface area contributed by atoms with Crippen LogP contribution in [-0.4, -0.2) is 35.1 Å². The minimum Gasteiger partial charge on any atom is -0.493 e. The van der Waals surface area contributed by atoms with Crippen molar-refractivity contribution in [3.05, 3.63) is 76.9 Å². The molecule has 7 nitrogen and oxygen atoms in total. The molecule has 1 N–H and O–H groups in total. The fourth-order valence-corrected chi connectivity index (χ4v) is 5.01. The second-order valence-electron chi connectivity index (χ2n) is 9.18. The van der Waals surface area contributed by atoms with E-state index in [0.717, 1.165) is 45.6 Å².